The molecule has 0 unspecified atom stereocenters. The van der Waals surface area contributed by atoms with Crippen molar-refractivity contribution in [3.63, 3.8) is 0 Å². The van der Waals surface area contributed by atoms with Crippen LogP contribution in [-0.4, -0.2) is 13.7 Å². The van der Waals surface area contributed by atoms with Gasteiger partial charge in [-0.2, -0.15) is 5.26 Å². The van der Waals surface area contributed by atoms with E-state index in [4.69, 9.17) is 37.9 Å². The maximum atomic E-state index is 8.96. The van der Waals surface area contributed by atoms with E-state index in [0.29, 0.717) is 29.0 Å². The number of nitrogens with zero attached hydrogens (tertiary/aromatic N) is 1. The summed E-state index contributed by atoms with van der Waals surface area (Å²) < 4.78 is 11.0. The van der Waals surface area contributed by atoms with Gasteiger partial charge in [0.05, 0.1) is 30.2 Å². The van der Waals surface area contributed by atoms with Gasteiger partial charge in [0.2, 0.25) is 0 Å². The first-order chi connectivity index (χ1) is 9.93. The molecule has 0 fully saturated rings. The summed E-state index contributed by atoms with van der Waals surface area (Å²) in [4.78, 5) is 0. The van der Waals surface area contributed by atoms with Gasteiger partial charge in [0.25, 0.3) is 0 Å². The molecular weight excluding hydrogens is 309 g/mol. The third-order valence-corrected chi connectivity index (χ3v) is 3.78. The highest BCUT2D eigenvalue weighted by molar-refractivity contribution is 6.32. The van der Waals surface area contributed by atoms with Gasteiger partial charge in [-0.1, -0.05) is 11.6 Å². The van der Waals surface area contributed by atoms with Gasteiger partial charge >= 0.3 is 0 Å². The Labute approximate surface area is 136 Å². The number of unbranched alkanes of at least 4 members (excludes halogenated alkanes) is 1. The molecule has 0 radical (unpaired) electrons. The van der Waals surface area contributed by atoms with E-state index in [0.717, 1.165) is 24.8 Å². The predicted molar refractivity (Wildman–Crippen MR) is 86.3 cm³/mol. The van der Waals surface area contributed by atoms with Crippen LogP contribution in [0, 0.1) is 16.7 Å². The van der Waals surface area contributed by atoms with Crippen LogP contribution in [-0.2, 0) is 5.88 Å². The summed E-state index contributed by atoms with van der Waals surface area (Å²) in [7, 11) is 1.58. The maximum absolute atomic E-state index is 8.96. The first kappa shape index (κ1) is 17.9. The van der Waals surface area contributed by atoms with Gasteiger partial charge in [0.15, 0.2) is 11.5 Å². The third-order valence-electron chi connectivity index (χ3n) is 3.19. The first-order valence-corrected chi connectivity index (χ1v) is 7.81. The van der Waals surface area contributed by atoms with Gasteiger partial charge in [0, 0.05) is 5.88 Å². The number of benzene rings is 1. The summed E-state index contributed by atoms with van der Waals surface area (Å²) in [6.07, 6.45) is 2.64. The lowest BCUT2D eigenvalue weighted by Crippen LogP contribution is -2.08. The Hall–Kier alpha value is -1.11. The minimum absolute atomic E-state index is 0.280. The number of hydrogen-bond donors (Lipinski definition) is 0. The second-order valence-corrected chi connectivity index (χ2v) is 6.22. The van der Waals surface area contributed by atoms with E-state index in [2.05, 4.69) is 6.07 Å². The van der Waals surface area contributed by atoms with Gasteiger partial charge in [-0.15, -0.1) is 11.6 Å². The molecule has 0 bridgehead atoms. The smallest absolute Gasteiger partial charge is 0.179 e. The second-order valence-electron chi connectivity index (χ2n) is 5.54. The molecule has 116 valence electrons. The van der Waals surface area contributed by atoms with Gasteiger partial charge in [-0.05, 0) is 50.8 Å². The van der Waals surface area contributed by atoms with Crippen LogP contribution in [0.2, 0.25) is 5.02 Å². The topological polar surface area (TPSA) is 42.2 Å². The quantitative estimate of drug-likeness (QED) is 0.487. The Kier molecular flexibility index (Phi) is 7.14. The maximum Gasteiger partial charge on any atom is 0.179 e. The summed E-state index contributed by atoms with van der Waals surface area (Å²) in [5, 5.41) is 9.46. The Bertz CT molecular complexity index is 510. The van der Waals surface area contributed by atoms with Crippen LogP contribution >= 0.6 is 23.2 Å². The van der Waals surface area contributed by atoms with E-state index in [1.165, 1.54) is 0 Å². The number of rotatable bonds is 8. The summed E-state index contributed by atoms with van der Waals surface area (Å²) in [5.74, 6) is 1.52. The van der Waals surface area contributed by atoms with E-state index in [-0.39, 0.29) is 5.41 Å². The highest BCUT2D eigenvalue weighted by atomic mass is 35.5. The lowest BCUT2D eigenvalue weighted by molar-refractivity contribution is 0.278. The van der Waals surface area contributed by atoms with Crippen LogP contribution in [0.15, 0.2) is 12.1 Å². The number of ether oxygens (including phenoxy) is 2. The molecule has 0 aliphatic carbocycles. The van der Waals surface area contributed by atoms with Crippen molar-refractivity contribution < 1.29 is 9.47 Å². The molecule has 5 heteroatoms. The highest BCUT2D eigenvalue weighted by Gasteiger charge is 2.16. The van der Waals surface area contributed by atoms with Gasteiger partial charge in [0.1, 0.15) is 0 Å². The fourth-order valence-electron chi connectivity index (χ4n) is 1.89. The number of methoxy groups -OCH3 is 1. The summed E-state index contributed by atoms with van der Waals surface area (Å²) in [6, 6.07) is 5.90. The molecular formula is C16H21Cl2NO2. The normalized spacial score (nSPS) is 11.0. The molecule has 0 heterocycles. The van der Waals surface area contributed by atoms with Gasteiger partial charge < -0.3 is 9.47 Å². The Balaban J connectivity index is 2.54. The van der Waals surface area contributed by atoms with Crippen molar-refractivity contribution in [1.82, 2.24) is 0 Å². The number of halogens is 2. The molecule has 0 N–H and O–H groups in total. The SMILES string of the molecule is COc1cc(CCl)cc(Cl)c1OCCCCC(C)(C)C#N. The molecule has 0 saturated heterocycles. The number of alkyl halides is 1. The predicted octanol–water partition coefficient (Wildman–Crippen LogP) is 5.19. The van der Waals surface area contributed by atoms with Crippen molar-refractivity contribution in [2.24, 2.45) is 5.41 Å². The fourth-order valence-corrected chi connectivity index (χ4v) is 2.33. The van der Waals surface area contributed by atoms with E-state index < -0.39 is 0 Å². The Morgan fingerprint density at radius 3 is 2.57 bits per heavy atom. The molecule has 0 amide bonds. The van der Waals surface area contributed by atoms with Crippen LogP contribution < -0.4 is 9.47 Å². The van der Waals surface area contributed by atoms with Crippen molar-refractivity contribution in [3.05, 3.63) is 22.7 Å². The molecule has 0 aliphatic rings. The van der Waals surface area contributed by atoms with E-state index in [1.54, 1.807) is 13.2 Å². The largest absolute Gasteiger partial charge is 0.493 e. The number of nitriles is 1. The van der Waals surface area contributed by atoms with Crippen molar-refractivity contribution >= 4 is 23.2 Å². The monoisotopic (exact) mass is 329 g/mol. The van der Waals surface area contributed by atoms with Crippen molar-refractivity contribution in [2.75, 3.05) is 13.7 Å². The molecule has 1 aromatic carbocycles. The molecule has 0 saturated carbocycles. The van der Waals surface area contributed by atoms with Crippen LogP contribution in [0.4, 0.5) is 0 Å². The number of hydrogen-bond acceptors (Lipinski definition) is 3. The zero-order valence-electron chi connectivity index (χ0n) is 12.7. The van der Waals surface area contributed by atoms with Crippen molar-refractivity contribution in [3.8, 4) is 17.6 Å². The summed E-state index contributed by atoms with van der Waals surface area (Å²) in [6.45, 7) is 4.43. The first-order valence-electron chi connectivity index (χ1n) is 6.90. The van der Waals surface area contributed by atoms with Crippen LogP contribution in [0.5, 0.6) is 11.5 Å². The van der Waals surface area contributed by atoms with Crippen LogP contribution in [0.25, 0.3) is 0 Å². The fraction of sp³-hybridized carbons (Fsp3) is 0.562. The lowest BCUT2D eigenvalue weighted by Gasteiger charge is -2.16. The van der Waals surface area contributed by atoms with Gasteiger partial charge in [-0.25, -0.2) is 0 Å². The van der Waals surface area contributed by atoms with Gasteiger partial charge in [-0.3, -0.25) is 0 Å². The molecule has 0 aliphatic heterocycles. The molecule has 3 nitrogen and oxygen atoms in total. The van der Waals surface area contributed by atoms with E-state index >= 15 is 0 Å². The average molecular weight is 330 g/mol. The minimum atomic E-state index is -0.280. The zero-order chi connectivity index (χ0) is 15.9. The zero-order valence-corrected chi connectivity index (χ0v) is 14.2. The second kappa shape index (κ2) is 8.36. The minimum Gasteiger partial charge on any atom is -0.493 e. The molecule has 1 aromatic rings. The molecule has 1 rings (SSSR count). The highest BCUT2D eigenvalue weighted by Crippen LogP contribution is 2.37. The van der Waals surface area contributed by atoms with Crippen molar-refractivity contribution in [2.45, 2.75) is 39.0 Å². The van der Waals surface area contributed by atoms with Crippen LogP contribution in [0.1, 0.15) is 38.7 Å². The molecule has 21 heavy (non-hydrogen) atoms. The van der Waals surface area contributed by atoms with Crippen LogP contribution in [0.3, 0.4) is 0 Å². The molecule has 0 spiro atoms. The molecule has 0 atom stereocenters. The lowest BCUT2D eigenvalue weighted by atomic mass is 9.89. The summed E-state index contributed by atoms with van der Waals surface area (Å²) in [5.41, 5.74) is 0.610. The Morgan fingerprint density at radius 1 is 1.29 bits per heavy atom. The Morgan fingerprint density at radius 2 is 2.00 bits per heavy atom. The third kappa shape index (κ3) is 5.65. The molecule has 0 aromatic heterocycles. The standard InChI is InChI=1S/C16H21Cl2NO2/c1-16(2,11-19)6-4-5-7-21-15-13(18)8-12(10-17)9-14(15)20-3/h8-9H,4-7,10H2,1-3H3. The summed E-state index contributed by atoms with van der Waals surface area (Å²) >= 11 is 12.0. The van der Waals surface area contributed by atoms with E-state index in [9.17, 15) is 0 Å². The van der Waals surface area contributed by atoms with E-state index in [1.807, 2.05) is 19.9 Å². The average Bonchev–Trinajstić information content (AvgIpc) is 2.47. The van der Waals surface area contributed by atoms with Crippen molar-refractivity contribution in [1.29, 1.82) is 5.26 Å².